The van der Waals surface area contributed by atoms with Gasteiger partial charge in [-0.2, -0.15) is 0 Å². The smallest absolute Gasteiger partial charge is 0.340 e. The molecule has 1 saturated heterocycles. The molecule has 0 bridgehead atoms. The molecule has 2 N–H and O–H groups in total. The summed E-state index contributed by atoms with van der Waals surface area (Å²) in [5.74, 6) is -0.677. The van der Waals surface area contributed by atoms with E-state index < -0.39 is 16.0 Å². The number of ether oxygens (including phenoxy) is 1. The van der Waals surface area contributed by atoms with Crippen LogP contribution in [0, 0.1) is 13.8 Å². The normalized spacial score (nSPS) is 18.0. The molecule has 2 rings (SSSR count). The number of carbonyl (C=O) groups excluding carboxylic acids is 2. The highest BCUT2D eigenvalue weighted by Gasteiger charge is 2.31. The summed E-state index contributed by atoms with van der Waals surface area (Å²) in [5, 5.41) is 0. The van der Waals surface area contributed by atoms with Gasteiger partial charge in [0.05, 0.1) is 17.9 Å². The zero-order chi connectivity index (χ0) is 20.4. The van der Waals surface area contributed by atoms with Crippen molar-refractivity contribution in [1.82, 2.24) is 14.6 Å². The van der Waals surface area contributed by atoms with Gasteiger partial charge in [-0.3, -0.25) is 4.79 Å². The first kappa shape index (κ1) is 21.4. The molecule has 1 fully saturated rings. The molecule has 1 atom stereocenters. The first-order valence-corrected chi connectivity index (χ1v) is 11.1. The zero-order valence-corrected chi connectivity index (χ0v) is 17.4. The molecule has 1 amide bonds. The van der Waals surface area contributed by atoms with Crippen LogP contribution in [0.1, 0.15) is 65.2 Å². The summed E-state index contributed by atoms with van der Waals surface area (Å²) in [4.78, 5) is 30.2. The number of esters is 1. The number of amides is 1. The van der Waals surface area contributed by atoms with Crippen LogP contribution < -0.4 is 4.72 Å². The maximum atomic E-state index is 13.1. The minimum Gasteiger partial charge on any atom is -0.459 e. The van der Waals surface area contributed by atoms with Crippen molar-refractivity contribution in [3.05, 3.63) is 22.5 Å². The van der Waals surface area contributed by atoms with Crippen LogP contribution in [-0.2, 0) is 14.8 Å². The van der Waals surface area contributed by atoms with Gasteiger partial charge in [0.2, 0.25) is 10.0 Å². The molecule has 0 radical (unpaired) electrons. The molecule has 1 aromatic rings. The fourth-order valence-corrected chi connectivity index (χ4v) is 3.91. The van der Waals surface area contributed by atoms with Crippen LogP contribution in [0.3, 0.4) is 0 Å². The highest BCUT2D eigenvalue weighted by Crippen LogP contribution is 2.24. The number of aryl methyl sites for hydroxylation is 1. The Morgan fingerprint density at radius 3 is 2.56 bits per heavy atom. The second-order valence-corrected chi connectivity index (χ2v) is 9.18. The SMILES string of the molecule is Cc1[nH]c(C(=O)N2CCCCC2CNS(C)(=O)=O)c(C)c1C(=O)OC(C)C. The molecule has 27 heavy (non-hydrogen) atoms. The lowest BCUT2D eigenvalue weighted by Gasteiger charge is -2.35. The van der Waals surface area contributed by atoms with Gasteiger partial charge < -0.3 is 14.6 Å². The Bertz CT molecular complexity index is 813. The summed E-state index contributed by atoms with van der Waals surface area (Å²) in [6, 6.07) is -0.213. The number of nitrogens with one attached hydrogen (secondary N) is 2. The number of sulfonamides is 1. The van der Waals surface area contributed by atoms with Gasteiger partial charge in [-0.15, -0.1) is 0 Å². The molecule has 0 spiro atoms. The van der Waals surface area contributed by atoms with E-state index in [1.807, 2.05) is 0 Å². The fraction of sp³-hybridized carbons (Fsp3) is 0.667. The number of piperidine rings is 1. The molecule has 1 unspecified atom stereocenters. The molecule has 8 nitrogen and oxygen atoms in total. The Morgan fingerprint density at radius 1 is 1.30 bits per heavy atom. The van der Waals surface area contributed by atoms with Crippen LogP contribution in [0.25, 0.3) is 0 Å². The number of aromatic amines is 1. The predicted octanol–water partition coefficient (Wildman–Crippen LogP) is 1.74. The molecular weight excluding hydrogens is 370 g/mol. The third kappa shape index (κ3) is 5.32. The number of rotatable bonds is 6. The van der Waals surface area contributed by atoms with Gasteiger partial charge >= 0.3 is 5.97 Å². The molecule has 9 heteroatoms. The van der Waals surface area contributed by atoms with Crippen LogP contribution in [-0.4, -0.2) is 61.7 Å². The summed E-state index contributed by atoms with van der Waals surface area (Å²) >= 11 is 0. The molecular formula is C18H29N3O5S. The zero-order valence-electron chi connectivity index (χ0n) is 16.6. The molecule has 1 aliphatic heterocycles. The standard InChI is InChI=1S/C18H29N3O5S/c1-11(2)26-18(23)15-12(3)16(20-13(15)4)17(22)21-9-7-6-8-14(21)10-19-27(5,24)25/h11,14,19-20H,6-10H2,1-5H3. The Hall–Kier alpha value is -1.87. The van der Waals surface area contributed by atoms with Crippen molar-refractivity contribution >= 4 is 21.9 Å². The fourth-order valence-electron chi connectivity index (χ4n) is 3.41. The van der Waals surface area contributed by atoms with Crippen molar-refractivity contribution < 1.29 is 22.7 Å². The van der Waals surface area contributed by atoms with Gasteiger partial charge in [0.1, 0.15) is 5.69 Å². The van der Waals surface area contributed by atoms with Gasteiger partial charge in [0.15, 0.2) is 0 Å². The van der Waals surface area contributed by atoms with Gasteiger partial charge in [0, 0.05) is 24.8 Å². The van der Waals surface area contributed by atoms with E-state index in [9.17, 15) is 18.0 Å². The molecule has 0 saturated carbocycles. The highest BCUT2D eigenvalue weighted by atomic mass is 32.2. The van der Waals surface area contributed by atoms with Crippen molar-refractivity contribution in [3.8, 4) is 0 Å². The number of H-pyrrole nitrogens is 1. The van der Waals surface area contributed by atoms with Crippen LogP contribution in [0.15, 0.2) is 0 Å². The molecule has 2 heterocycles. The van der Waals surface area contributed by atoms with Crippen LogP contribution in [0.2, 0.25) is 0 Å². The van der Waals surface area contributed by atoms with E-state index in [4.69, 9.17) is 4.74 Å². The van der Waals surface area contributed by atoms with E-state index in [2.05, 4.69) is 9.71 Å². The highest BCUT2D eigenvalue weighted by molar-refractivity contribution is 7.88. The number of likely N-dealkylation sites (tertiary alicyclic amines) is 1. The lowest BCUT2D eigenvalue weighted by atomic mass is 10.0. The van der Waals surface area contributed by atoms with Gasteiger partial charge in [-0.1, -0.05) is 0 Å². The summed E-state index contributed by atoms with van der Waals surface area (Å²) in [6.07, 6.45) is 3.39. The Labute approximate surface area is 160 Å². The summed E-state index contributed by atoms with van der Waals surface area (Å²) in [5.41, 5.74) is 1.89. The van der Waals surface area contributed by atoms with Crippen molar-refractivity contribution in [2.45, 2.75) is 59.1 Å². The second-order valence-electron chi connectivity index (χ2n) is 7.35. The quantitative estimate of drug-likeness (QED) is 0.708. The van der Waals surface area contributed by atoms with Gasteiger partial charge in [-0.25, -0.2) is 17.9 Å². The van der Waals surface area contributed by atoms with Crippen molar-refractivity contribution in [3.63, 3.8) is 0 Å². The molecule has 0 aromatic carbocycles. The molecule has 1 aromatic heterocycles. The van der Waals surface area contributed by atoms with E-state index >= 15 is 0 Å². The van der Waals surface area contributed by atoms with E-state index in [-0.39, 0.29) is 24.6 Å². The van der Waals surface area contributed by atoms with Crippen molar-refractivity contribution in [1.29, 1.82) is 0 Å². The minimum atomic E-state index is -3.33. The maximum absolute atomic E-state index is 13.1. The predicted molar refractivity (Wildman–Crippen MR) is 102 cm³/mol. The number of nitrogens with zero attached hydrogens (tertiary/aromatic N) is 1. The lowest BCUT2D eigenvalue weighted by Crippen LogP contribution is -2.49. The first-order valence-electron chi connectivity index (χ1n) is 9.17. The summed E-state index contributed by atoms with van der Waals surface area (Å²) < 4.78 is 30.6. The number of hydrogen-bond donors (Lipinski definition) is 2. The molecule has 152 valence electrons. The Balaban J connectivity index is 2.26. The average Bonchev–Trinajstić information content (AvgIpc) is 2.86. The monoisotopic (exact) mass is 399 g/mol. The van der Waals surface area contributed by atoms with E-state index in [1.54, 1.807) is 32.6 Å². The topological polar surface area (TPSA) is 109 Å². The lowest BCUT2D eigenvalue weighted by molar-refractivity contribution is 0.0376. The van der Waals surface area contributed by atoms with Crippen molar-refractivity contribution in [2.24, 2.45) is 0 Å². The Kier molecular flexibility index (Phi) is 6.69. The Morgan fingerprint density at radius 2 is 1.96 bits per heavy atom. The van der Waals surface area contributed by atoms with Gasteiger partial charge in [0.25, 0.3) is 5.91 Å². The second kappa shape index (κ2) is 8.43. The van der Waals surface area contributed by atoms with E-state index in [1.165, 1.54) is 0 Å². The largest absolute Gasteiger partial charge is 0.459 e. The summed E-state index contributed by atoms with van der Waals surface area (Å²) in [7, 11) is -3.33. The third-order valence-corrected chi connectivity index (χ3v) is 5.36. The van der Waals surface area contributed by atoms with E-state index in [0.29, 0.717) is 29.1 Å². The molecule has 1 aliphatic rings. The average molecular weight is 400 g/mol. The van der Waals surface area contributed by atoms with Crippen molar-refractivity contribution in [2.75, 3.05) is 19.3 Å². The minimum absolute atomic E-state index is 0.186. The summed E-state index contributed by atoms with van der Waals surface area (Å²) in [6.45, 7) is 7.74. The van der Waals surface area contributed by atoms with Gasteiger partial charge in [-0.05, 0) is 52.5 Å². The number of aromatic nitrogens is 1. The van der Waals surface area contributed by atoms with Crippen LogP contribution >= 0.6 is 0 Å². The first-order chi connectivity index (χ1) is 12.5. The molecule has 0 aliphatic carbocycles. The maximum Gasteiger partial charge on any atom is 0.340 e. The number of hydrogen-bond acceptors (Lipinski definition) is 5. The van der Waals surface area contributed by atoms with Crippen LogP contribution in [0.4, 0.5) is 0 Å². The third-order valence-electron chi connectivity index (χ3n) is 4.67. The number of carbonyl (C=O) groups is 2. The van der Waals surface area contributed by atoms with Crippen LogP contribution in [0.5, 0.6) is 0 Å². The van der Waals surface area contributed by atoms with E-state index in [0.717, 1.165) is 25.5 Å².